The van der Waals surface area contributed by atoms with Gasteiger partial charge in [0, 0.05) is 17.7 Å². The van der Waals surface area contributed by atoms with Gasteiger partial charge in [-0.25, -0.2) is 13.2 Å². The molecule has 3 rings (SSSR count). The number of sulfonamides is 1. The molecule has 0 saturated carbocycles. The Labute approximate surface area is 217 Å². The topological polar surface area (TPSA) is 111 Å². The van der Waals surface area contributed by atoms with Crippen molar-refractivity contribution in [2.24, 2.45) is 0 Å². The number of benzene rings is 3. The van der Waals surface area contributed by atoms with E-state index in [9.17, 15) is 18.0 Å². The highest BCUT2D eigenvalue weighted by Crippen LogP contribution is 2.34. The molecule has 0 fully saturated rings. The molecule has 37 heavy (non-hydrogen) atoms. The molecule has 0 spiro atoms. The van der Waals surface area contributed by atoms with Gasteiger partial charge < -0.3 is 19.5 Å². The van der Waals surface area contributed by atoms with Gasteiger partial charge in [-0.2, -0.15) is 0 Å². The Morgan fingerprint density at radius 2 is 1.46 bits per heavy atom. The summed E-state index contributed by atoms with van der Waals surface area (Å²) in [6.45, 7) is 3.84. The lowest BCUT2D eigenvalue weighted by Gasteiger charge is -2.26. The van der Waals surface area contributed by atoms with Gasteiger partial charge in [-0.15, -0.1) is 0 Å². The van der Waals surface area contributed by atoms with Crippen LogP contribution in [0.3, 0.4) is 0 Å². The van der Waals surface area contributed by atoms with Crippen LogP contribution in [0.15, 0.2) is 54.6 Å². The summed E-state index contributed by atoms with van der Waals surface area (Å²) in [6.07, 6.45) is 1.17. The van der Waals surface area contributed by atoms with Gasteiger partial charge in [0.15, 0.2) is 11.5 Å². The number of carbonyl (C=O) groups is 2. The first-order valence-corrected chi connectivity index (χ1v) is 13.1. The summed E-state index contributed by atoms with van der Waals surface area (Å²) < 4.78 is 42.0. The summed E-state index contributed by atoms with van der Waals surface area (Å²) in [5.41, 5.74) is 3.63. The molecule has 0 saturated heterocycles. The fourth-order valence-electron chi connectivity index (χ4n) is 3.94. The van der Waals surface area contributed by atoms with Crippen LogP contribution in [-0.4, -0.2) is 47.9 Å². The summed E-state index contributed by atoms with van der Waals surface area (Å²) in [4.78, 5) is 25.3. The van der Waals surface area contributed by atoms with Gasteiger partial charge >= 0.3 is 5.97 Å². The molecule has 1 N–H and O–H groups in total. The minimum atomic E-state index is -3.57. The standard InChI is InChI=1S/C27H30N2O7S/c1-17-8-7-9-18(2)25(17)29(37(6,32)33)16-19-10-12-20(13-11-19)26(30)28-22-15-24(35-4)23(34-3)14-21(22)27(31)36-5/h7-15H,16H2,1-6H3,(H,28,30). The molecular formula is C27H30N2O7S. The van der Waals surface area contributed by atoms with Crippen LogP contribution < -0.4 is 19.1 Å². The van der Waals surface area contributed by atoms with E-state index in [1.54, 1.807) is 24.3 Å². The molecule has 0 unspecified atom stereocenters. The molecule has 0 aliphatic rings. The number of nitrogens with zero attached hydrogens (tertiary/aromatic N) is 1. The lowest BCUT2D eigenvalue weighted by Crippen LogP contribution is -2.30. The van der Waals surface area contributed by atoms with E-state index in [0.717, 1.165) is 11.1 Å². The Morgan fingerprint density at radius 1 is 0.892 bits per heavy atom. The van der Waals surface area contributed by atoms with E-state index in [2.05, 4.69) is 5.32 Å². The van der Waals surface area contributed by atoms with Crippen molar-refractivity contribution in [2.75, 3.05) is 37.2 Å². The highest BCUT2D eigenvalue weighted by molar-refractivity contribution is 7.92. The molecule has 10 heteroatoms. The number of hydrogen-bond donors (Lipinski definition) is 1. The van der Waals surface area contributed by atoms with Crippen molar-refractivity contribution in [3.63, 3.8) is 0 Å². The van der Waals surface area contributed by atoms with E-state index in [1.165, 1.54) is 44.0 Å². The van der Waals surface area contributed by atoms with Crippen molar-refractivity contribution in [3.8, 4) is 11.5 Å². The van der Waals surface area contributed by atoms with Crippen LogP contribution in [0, 0.1) is 13.8 Å². The molecule has 0 atom stereocenters. The number of amides is 1. The Kier molecular flexibility index (Phi) is 8.44. The van der Waals surface area contributed by atoms with E-state index < -0.39 is 21.9 Å². The van der Waals surface area contributed by atoms with E-state index in [4.69, 9.17) is 14.2 Å². The van der Waals surface area contributed by atoms with Gasteiger partial charge in [0.1, 0.15) is 0 Å². The van der Waals surface area contributed by atoms with E-state index in [1.807, 2.05) is 32.0 Å². The Balaban J connectivity index is 1.88. The Morgan fingerprint density at radius 3 is 1.97 bits per heavy atom. The molecule has 196 valence electrons. The van der Waals surface area contributed by atoms with Crippen molar-refractivity contribution < 1.29 is 32.2 Å². The molecule has 0 aliphatic carbocycles. The van der Waals surface area contributed by atoms with Crippen LogP contribution >= 0.6 is 0 Å². The van der Waals surface area contributed by atoms with Crippen LogP contribution in [-0.2, 0) is 21.3 Å². The number of ether oxygens (including phenoxy) is 3. The summed E-state index contributed by atoms with van der Waals surface area (Å²) in [7, 11) is 0.547. The maximum Gasteiger partial charge on any atom is 0.340 e. The molecule has 0 bridgehead atoms. The number of rotatable bonds is 9. The average molecular weight is 527 g/mol. The van der Waals surface area contributed by atoms with Crippen LogP contribution in [0.5, 0.6) is 11.5 Å². The van der Waals surface area contributed by atoms with Crippen LogP contribution in [0.4, 0.5) is 11.4 Å². The van der Waals surface area contributed by atoms with Crippen molar-refractivity contribution in [2.45, 2.75) is 20.4 Å². The van der Waals surface area contributed by atoms with Crippen LogP contribution in [0.25, 0.3) is 0 Å². The minimum absolute atomic E-state index is 0.0996. The maximum atomic E-state index is 13.0. The normalized spacial score (nSPS) is 11.0. The summed E-state index contributed by atoms with van der Waals surface area (Å²) in [5, 5.41) is 2.71. The SMILES string of the molecule is COC(=O)c1cc(OC)c(OC)cc1NC(=O)c1ccc(CN(c2c(C)cccc2C)S(C)(=O)=O)cc1. The molecule has 3 aromatic rings. The van der Waals surface area contributed by atoms with Crippen molar-refractivity contribution >= 4 is 33.3 Å². The third kappa shape index (κ3) is 6.21. The van der Waals surface area contributed by atoms with Gasteiger partial charge in [0.2, 0.25) is 10.0 Å². The molecule has 0 radical (unpaired) electrons. The first kappa shape index (κ1) is 27.5. The highest BCUT2D eigenvalue weighted by atomic mass is 32.2. The Bertz CT molecular complexity index is 1400. The van der Waals surface area contributed by atoms with Crippen LogP contribution in [0.1, 0.15) is 37.4 Å². The molecule has 1 amide bonds. The van der Waals surface area contributed by atoms with E-state index in [0.29, 0.717) is 28.3 Å². The maximum absolute atomic E-state index is 13.0. The Hall–Kier alpha value is -4.05. The third-order valence-corrected chi connectivity index (χ3v) is 6.92. The quantitative estimate of drug-likeness (QED) is 0.413. The number of aryl methyl sites for hydroxylation is 2. The number of anilines is 2. The number of nitrogens with one attached hydrogen (secondary N) is 1. The van der Waals surface area contributed by atoms with Gasteiger partial charge in [0.25, 0.3) is 5.91 Å². The smallest absolute Gasteiger partial charge is 0.340 e. The largest absolute Gasteiger partial charge is 0.493 e. The second-order valence-corrected chi connectivity index (χ2v) is 10.3. The number of carbonyl (C=O) groups excluding carboxylic acids is 2. The first-order valence-electron chi connectivity index (χ1n) is 11.3. The summed E-state index contributed by atoms with van der Waals surface area (Å²) in [5.74, 6) is -0.490. The molecular weight excluding hydrogens is 496 g/mol. The molecule has 0 aromatic heterocycles. The zero-order valence-electron chi connectivity index (χ0n) is 21.6. The monoisotopic (exact) mass is 526 g/mol. The second-order valence-electron chi connectivity index (χ2n) is 8.41. The van der Waals surface area contributed by atoms with Crippen molar-refractivity contribution in [1.29, 1.82) is 0 Å². The van der Waals surface area contributed by atoms with Gasteiger partial charge in [-0.05, 0) is 42.7 Å². The lowest BCUT2D eigenvalue weighted by molar-refractivity contribution is 0.0601. The third-order valence-electron chi connectivity index (χ3n) is 5.81. The molecule has 0 heterocycles. The predicted molar refractivity (Wildman–Crippen MR) is 142 cm³/mol. The lowest BCUT2D eigenvalue weighted by atomic mass is 10.1. The number of hydrogen-bond acceptors (Lipinski definition) is 7. The second kappa shape index (κ2) is 11.3. The fraction of sp³-hybridized carbons (Fsp3) is 0.259. The van der Waals surface area contributed by atoms with Crippen molar-refractivity contribution in [1.82, 2.24) is 0 Å². The number of esters is 1. The van der Waals surface area contributed by atoms with E-state index >= 15 is 0 Å². The summed E-state index contributed by atoms with van der Waals surface area (Å²) in [6, 6.07) is 15.1. The zero-order chi connectivity index (χ0) is 27.3. The fourth-order valence-corrected chi connectivity index (χ4v) is 4.95. The molecule has 0 aliphatic heterocycles. The van der Waals surface area contributed by atoms with E-state index in [-0.39, 0.29) is 17.8 Å². The van der Waals surface area contributed by atoms with Gasteiger partial charge in [0.05, 0.1) is 51.1 Å². The number of methoxy groups -OCH3 is 3. The van der Waals surface area contributed by atoms with Crippen molar-refractivity contribution in [3.05, 3.63) is 82.4 Å². The number of para-hydroxylation sites is 1. The summed E-state index contributed by atoms with van der Waals surface area (Å²) >= 11 is 0. The minimum Gasteiger partial charge on any atom is -0.493 e. The highest BCUT2D eigenvalue weighted by Gasteiger charge is 2.22. The zero-order valence-corrected chi connectivity index (χ0v) is 22.4. The van der Waals surface area contributed by atoms with Gasteiger partial charge in [-0.1, -0.05) is 30.3 Å². The van der Waals surface area contributed by atoms with Gasteiger partial charge in [-0.3, -0.25) is 9.10 Å². The average Bonchev–Trinajstić information content (AvgIpc) is 2.86. The molecule has 9 nitrogen and oxygen atoms in total. The predicted octanol–water partition coefficient (Wildman–Crippen LogP) is 4.33. The van der Waals surface area contributed by atoms with Crippen LogP contribution in [0.2, 0.25) is 0 Å². The first-order chi connectivity index (χ1) is 17.5. The molecule has 3 aromatic carbocycles.